The maximum Gasteiger partial charge on any atom is 0.258 e. The topological polar surface area (TPSA) is 91.8 Å². The van der Waals surface area contributed by atoms with Crippen LogP contribution in [0.25, 0.3) is 0 Å². The summed E-state index contributed by atoms with van der Waals surface area (Å²) in [4.78, 5) is 14.8. The van der Waals surface area contributed by atoms with Gasteiger partial charge in [0.15, 0.2) is 9.84 Å². The molecule has 160 valence electrons. The Hall–Kier alpha value is -2.49. The third-order valence-electron chi connectivity index (χ3n) is 4.94. The van der Waals surface area contributed by atoms with Crippen LogP contribution in [0.2, 0.25) is 0 Å². The van der Waals surface area contributed by atoms with Gasteiger partial charge >= 0.3 is 0 Å². The van der Waals surface area contributed by atoms with Crippen molar-refractivity contribution in [1.29, 1.82) is 0 Å². The van der Waals surface area contributed by atoms with Gasteiger partial charge in [-0.05, 0) is 42.5 Å². The van der Waals surface area contributed by atoms with Crippen molar-refractivity contribution in [2.24, 2.45) is 0 Å². The molecule has 1 atom stereocenters. The molecular formula is C21H24N2O5S2. The lowest BCUT2D eigenvalue weighted by molar-refractivity contribution is 0.0983. The van der Waals surface area contributed by atoms with Gasteiger partial charge in [0, 0.05) is 29.7 Å². The predicted molar refractivity (Wildman–Crippen MR) is 117 cm³/mol. The molecule has 30 heavy (non-hydrogen) atoms. The maximum atomic E-state index is 13.3. The van der Waals surface area contributed by atoms with Crippen LogP contribution < -0.4 is 4.90 Å². The van der Waals surface area contributed by atoms with Gasteiger partial charge in [0.05, 0.1) is 16.7 Å². The number of amides is 1. The molecule has 1 amide bonds. The Balaban J connectivity index is 1.95. The SMILES string of the molecule is CCN(CC)S(=O)(=O)c1ccc(C(=O)N(c2ccccc2)[C@@H]2C=CS(=O)(=O)C2)cc1. The molecule has 2 aromatic rings. The average Bonchev–Trinajstić information content (AvgIpc) is 3.09. The second kappa shape index (κ2) is 8.71. The number of nitrogens with zero attached hydrogens (tertiary/aromatic N) is 2. The number of para-hydroxylation sites is 1. The molecule has 0 aliphatic carbocycles. The van der Waals surface area contributed by atoms with Gasteiger partial charge in [0.1, 0.15) is 0 Å². The molecule has 0 aromatic heterocycles. The van der Waals surface area contributed by atoms with E-state index >= 15 is 0 Å². The molecule has 0 unspecified atom stereocenters. The van der Waals surface area contributed by atoms with E-state index in [9.17, 15) is 21.6 Å². The van der Waals surface area contributed by atoms with Crippen molar-refractivity contribution in [1.82, 2.24) is 4.31 Å². The van der Waals surface area contributed by atoms with Crippen LogP contribution in [0.5, 0.6) is 0 Å². The highest BCUT2D eigenvalue weighted by Gasteiger charge is 2.32. The molecule has 0 saturated heterocycles. The second-order valence-electron chi connectivity index (χ2n) is 6.85. The molecule has 0 spiro atoms. The molecule has 0 radical (unpaired) electrons. The second-order valence-corrected chi connectivity index (χ2v) is 10.7. The van der Waals surface area contributed by atoms with Crippen LogP contribution in [-0.4, -0.2) is 51.9 Å². The summed E-state index contributed by atoms with van der Waals surface area (Å²) in [5.74, 6) is -0.595. The van der Waals surface area contributed by atoms with Crippen molar-refractivity contribution in [3.05, 3.63) is 71.6 Å². The molecule has 2 aromatic carbocycles. The Morgan fingerprint density at radius 2 is 1.60 bits per heavy atom. The first kappa shape index (κ1) is 22.2. The molecular weight excluding hydrogens is 424 g/mol. The van der Waals surface area contributed by atoms with Gasteiger partial charge in [-0.3, -0.25) is 4.79 Å². The van der Waals surface area contributed by atoms with Crippen LogP contribution in [0.1, 0.15) is 24.2 Å². The number of carbonyl (C=O) groups excluding carboxylic acids is 1. The smallest absolute Gasteiger partial charge is 0.258 e. The van der Waals surface area contributed by atoms with Crippen molar-refractivity contribution >= 4 is 31.5 Å². The summed E-state index contributed by atoms with van der Waals surface area (Å²) >= 11 is 0. The van der Waals surface area contributed by atoms with Crippen molar-refractivity contribution in [2.75, 3.05) is 23.7 Å². The van der Waals surface area contributed by atoms with Gasteiger partial charge in [-0.1, -0.05) is 32.0 Å². The summed E-state index contributed by atoms with van der Waals surface area (Å²) in [6.07, 6.45) is 1.50. The van der Waals surface area contributed by atoms with E-state index in [1.807, 2.05) is 0 Å². The van der Waals surface area contributed by atoms with Crippen LogP contribution in [0, 0.1) is 0 Å². The molecule has 0 N–H and O–H groups in total. The number of anilines is 1. The minimum atomic E-state index is -3.63. The zero-order valence-electron chi connectivity index (χ0n) is 16.8. The standard InChI is InChI=1S/C21H24N2O5S2/c1-3-22(4-2)30(27,28)20-12-10-17(11-13-20)21(24)23(18-8-6-5-7-9-18)19-14-15-29(25,26)16-19/h5-15,19H,3-4,16H2,1-2H3/t19-/m1/s1. The number of hydrogen-bond donors (Lipinski definition) is 0. The molecule has 1 aliphatic heterocycles. The highest BCUT2D eigenvalue weighted by Crippen LogP contribution is 2.25. The lowest BCUT2D eigenvalue weighted by Gasteiger charge is -2.28. The van der Waals surface area contributed by atoms with Crippen LogP contribution in [-0.2, 0) is 19.9 Å². The van der Waals surface area contributed by atoms with E-state index in [0.29, 0.717) is 18.8 Å². The van der Waals surface area contributed by atoms with Crippen molar-refractivity contribution < 1.29 is 21.6 Å². The van der Waals surface area contributed by atoms with Crippen molar-refractivity contribution in [3.63, 3.8) is 0 Å². The summed E-state index contributed by atoms with van der Waals surface area (Å²) in [5, 5.41) is 1.13. The number of sulfonamides is 1. The number of benzene rings is 2. The Labute approximate surface area is 177 Å². The minimum absolute atomic E-state index is 0.109. The lowest BCUT2D eigenvalue weighted by Crippen LogP contribution is -2.41. The summed E-state index contributed by atoms with van der Waals surface area (Å²) in [7, 11) is -6.99. The maximum absolute atomic E-state index is 13.3. The first-order chi connectivity index (χ1) is 14.2. The first-order valence-corrected chi connectivity index (χ1v) is 12.7. The predicted octanol–water partition coefficient (Wildman–Crippen LogP) is 2.67. The Morgan fingerprint density at radius 3 is 2.10 bits per heavy atom. The van der Waals surface area contributed by atoms with Crippen LogP contribution in [0.3, 0.4) is 0 Å². The Bertz CT molecular complexity index is 1140. The molecule has 1 heterocycles. The van der Waals surface area contributed by atoms with Crippen molar-refractivity contribution in [3.8, 4) is 0 Å². The zero-order valence-corrected chi connectivity index (χ0v) is 18.4. The Morgan fingerprint density at radius 1 is 1.00 bits per heavy atom. The molecule has 3 rings (SSSR count). The van der Waals surface area contributed by atoms with Gasteiger partial charge < -0.3 is 4.90 Å². The molecule has 0 fully saturated rings. The first-order valence-electron chi connectivity index (χ1n) is 9.59. The largest absolute Gasteiger partial charge is 0.300 e. The zero-order chi connectivity index (χ0) is 21.9. The fourth-order valence-electron chi connectivity index (χ4n) is 3.39. The van der Waals surface area contributed by atoms with E-state index in [-0.39, 0.29) is 16.2 Å². The van der Waals surface area contributed by atoms with Crippen LogP contribution >= 0.6 is 0 Å². The van der Waals surface area contributed by atoms with Gasteiger partial charge in [-0.25, -0.2) is 16.8 Å². The van der Waals surface area contributed by atoms with Gasteiger partial charge in [0.2, 0.25) is 10.0 Å². The highest BCUT2D eigenvalue weighted by molar-refractivity contribution is 7.94. The summed E-state index contributed by atoms with van der Waals surface area (Å²) in [6.45, 7) is 4.23. The van der Waals surface area contributed by atoms with Crippen LogP contribution in [0.4, 0.5) is 5.69 Å². The third-order valence-corrected chi connectivity index (χ3v) is 8.38. The fourth-order valence-corrected chi connectivity index (χ4v) is 6.12. The number of hydrogen-bond acceptors (Lipinski definition) is 5. The molecule has 0 saturated carbocycles. The van der Waals surface area contributed by atoms with E-state index < -0.39 is 31.8 Å². The number of carbonyl (C=O) groups is 1. The summed E-state index contributed by atoms with van der Waals surface area (Å²) in [5.41, 5.74) is 0.837. The van der Waals surface area contributed by atoms with Gasteiger partial charge in [0.25, 0.3) is 5.91 Å². The monoisotopic (exact) mass is 448 g/mol. The number of rotatable bonds is 7. The normalized spacial score (nSPS) is 17.9. The van der Waals surface area contributed by atoms with Gasteiger partial charge in [-0.2, -0.15) is 4.31 Å². The average molecular weight is 449 g/mol. The summed E-state index contributed by atoms with van der Waals surface area (Å²) < 4.78 is 50.5. The third kappa shape index (κ3) is 4.48. The summed E-state index contributed by atoms with van der Waals surface area (Å²) in [6, 6.07) is 13.9. The quantitative estimate of drug-likeness (QED) is 0.649. The molecule has 9 heteroatoms. The van der Waals surface area contributed by atoms with E-state index in [1.165, 1.54) is 39.5 Å². The highest BCUT2D eigenvalue weighted by atomic mass is 32.2. The minimum Gasteiger partial charge on any atom is -0.300 e. The van der Waals surface area contributed by atoms with Gasteiger partial charge in [-0.15, -0.1) is 0 Å². The van der Waals surface area contributed by atoms with Crippen LogP contribution in [0.15, 0.2) is 71.0 Å². The molecule has 1 aliphatic rings. The van der Waals surface area contributed by atoms with E-state index in [0.717, 1.165) is 5.41 Å². The van der Waals surface area contributed by atoms with E-state index in [2.05, 4.69) is 0 Å². The molecule has 0 bridgehead atoms. The fraction of sp³-hybridized carbons (Fsp3) is 0.286. The van der Waals surface area contributed by atoms with E-state index in [4.69, 9.17) is 0 Å². The van der Waals surface area contributed by atoms with Crippen molar-refractivity contribution in [2.45, 2.75) is 24.8 Å². The van der Waals surface area contributed by atoms with E-state index in [1.54, 1.807) is 44.2 Å². The molecule has 7 nitrogen and oxygen atoms in total. The lowest BCUT2D eigenvalue weighted by atomic mass is 10.1. The number of sulfone groups is 1. The Kier molecular flexibility index (Phi) is 6.44.